The van der Waals surface area contributed by atoms with E-state index in [0.717, 1.165) is 0 Å². The van der Waals surface area contributed by atoms with E-state index in [-0.39, 0.29) is 12.5 Å². The Morgan fingerprint density at radius 2 is 2.00 bits per heavy atom. The van der Waals surface area contributed by atoms with Gasteiger partial charge in [0.15, 0.2) is 6.61 Å². The average molecular weight is 319 g/mol. The van der Waals surface area contributed by atoms with Gasteiger partial charge < -0.3 is 15.4 Å². The summed E-state index contributed by atoms with van der Waals surface area (Å²) in [5.41, 5.74) is 0. The molecular weight excluding hydrogens is 303 g/mol. The molecule has 0 radical (unpaired) electrons. The lowest BCUT2D eigenvalue weighted by molar-refractivity contribution is -0.129. The maximum absolute atomic E-state index is 11.6. The van der Waals surface area contributed by atoms with Gasteiger partial charge in [-0.1, -0.05) is 23.2 Å². The number of carbonyl (C=O) groups is 2. The molecule has 1 aromatic carbocycles. The molecule has 20 heavy (non-hydrogen) atoms. The topological polar surface area (TPSA) is 67.4 Å². The number of hydrogen-bond donors (Lipinski definition) is 2. The van der Waals surface area contributed by atoms with Crippen LogP contribution in [0.3, 0.4) is 0 Å². The lowest BCUT2D eigenvalue weighted by atomic mass is 10.3. The van der Waals surface area contributed by atoms with Crippen LogP contribution < -0.4 is 15.4 Å². The van der Waals surface area contributed by atoms with Crippen molar-refractivity contribution in [2.75, 3.05) is 13.2 Å². The third-order valence-electron chi connectivity index (χ3n) is 2.38. The number of benzene rings is 1. The molecule has 110 valence electrons. The smallest absolute Gasteiger partial charge is 0.258 e. The molecular formula is C13H16Cl2N2O3. The largest absolute Gasteiger partial charge is 0.484 e. The van der Waals surface area contributed by atoms with E-state index in [1.807, 2.05) is 0 Å². The molecule has 1 aromatic rings. The number of amides is 2. The summed E-state index contributed by atoms with van der Waals surface area (Å²) in [4.78, 5) is 23.0. The van der Waals surface area contributed by atoms with Crippen LogP contribution in [0.1, 0.15) is 13.8 Å². The van der Waals surface area contributed by atoms with E-state index >= 15 is 0 Å². The molecule has 0 saturated heterocycles. The zero-order valence-electron chi connectivity index (χ0n) is 11.2. The van der Waals surface area contributed by atoms with Gasteiger partial charge in [0.25, 0.3) is 5.91 Å². The monoisotopic (exact) mass is 318 g/mol. The van der Waals surface area contributed by atoms with Crippen molar-refractivity contribution in [2.45, 2.75) is 19.9 Å². The fourth-order valence-corrected chi connectivity index (χ4v) is 1.68. The minimum Gasteiger partial charge on any atom is -0.484 e. The highest BCUT2D eigenvalue weighted by Gasteiger charge is 2.14. The molecule has 0 unspecified atom stereocenters. The average Bonchev–Trinajstić information content (AvgIpc) is 2.40. The Balaban J connectivity index is 2.43. The zero-order chi connectivity index (χ0) is 15.1. The third-order valence-corrected chi connectivity index (χ3v) is 3.12. The molecule has 0 saturated carbocycles. The highest BCUT2D eigenvalue weighted by molar-refractivity contribution is 6.42. The van der Waals surface area contributed by atoms with Crippen LogP contribution in [0.25, 0.3) is 0 Å². The van der Waals surface area contributed by atoms with E-state index < -0.39 is 11.9 Å². The van der Waals surface area contributed by atoms with Gasteiger partial charge in [-0.15, -0.1) is 0 Å². The van der Waals surface area contributed by atoms with Gasteiger partial charge in [-0.3, -0.25) is 9.59 Å². The van der Waals surface area contributed by atoms with Crippen LogP contribution in [0, 0.1) is 0 Å². The number of carbonyl (C=O) groups excluding carboxylic acids is 2. The highest BCUT2D eigenvalue weighted by atomic mass is 35.5. The van der Waals surface area contributed by atoms with Gasteiger partial charge in [0.1, 0.15) is 11.8 Å². The van der Waals surface area contributed by atoms with Gasteiger partial charge in [-0.05, 0) is 26.0 Å². The predicted molar refractivity (Wildman–Crippen MR) is 78.2 cm³/mol. The third kappa shape index (κ3) is 5.27. The first-order chi connectivity index (χ1) is 9.43. The van der Waals surface area contributed by atoms with Crippen LogP contribution in [0.2, 0.25) is 10.0 Å². The van der Waals surface area contributed by atoms with E-state index in [4.69, 9.17) is 27.9 Å². The van der Waals surface area contributed by atoms with E-state index in [1.54, 1.807) is 26.0 Å². The van der Waals surface area contributed by atoms with Crippen molar-refractivity contribution >= 4 is 35.0 Å². The van der Waals surface area contributed by atoms with Crippen molar-refractivity contribution in [2.24, 2.45) is 0 Å². The number of halogens is 2. The van der Waals surface area contributed by atoms with Crippen LogP contribution in [0.4, 0.5) is 0 Å². The Bertz CT molecular complexity index is 495. The van der Waals surface area contributed by atoms with Crippen molar-refractivity contribution < 1.29 is 14.3 Å². The Kier molecular flexibility index (Phi) is 6.61. The molecule has 5 nitrogen and oxygen atoms in total. The quantitative estimate of drug-likeness (QED) is 0.843. The second kappa shape index (κ2) is 7.97. The highest BCUT2D eigenvalue weighted by Crippen LogP contribution is 2.26. The maximum atomic E-state index is 11.6. The first-order valence-corrected chi connectivity index (χ1v) is 6.84. The normalized spacial score (nSPS) is 11.6. The summed E-state index contributed by atoms with van der Waals surface area (Å²) in [6, 6.07) is 4.09. The van der Waals surface area contributed by atoms with Crippen molar-refractivity contribution in [3.63, 3.8) is 0 Å². The fourth-order valence-electron chi connectivity index (χ4n) is 1.39. The minimum absolute atomic E-state index is 0.207. The van der Waals surface area contributed by atoms with Crippen LogP contribution in [-0.4, -0.2) is 31.0 Å². The van der Waals surface area contributed by atoms with Gasteiger partial charge in [-0.2, -0.15) is 0 Å². The van der Waals surface area contributed by atoms with Crippen molar-refractivity contribution in [1.29, 1.82) is 0 Å². The Morgan fingerprint density at radius 3 is 2.60 bits per heavy atom. The number of ether oxygens (including phenoxy) is 1. The van der Waals surface area contributed by atoms with Gasteiger partial charge in [0.05, 0.1) is 10.0 Å². The van der Waals surface area contributed by atoms with E-state index in [2.05, 4.69) is 10.6 Å². The molecule has 7 heteroatoms. The summed E-state index contributed by atoms with van der Waals surface area (Å²) >= 11 is 11.6. The summed E-state index contributed by atoms with van der Waals surface area (Å²) in [6.45, 7) is 3.71. The molecule has 0 aliphatic carbocycles. The van der Waals surface area contributed by atoms with Gasteiger partial charge >= 0.3 is 0 Å². The number of hydrogen-bond acceptors (Lipinski definition) is 3. The van der Waals surface area contributed by atoms with Crippen LogP contribution in [-0.2, 0) is 9.59 Å². The minimum atomic E-state index is -0.611. The summed E-state index contributed by atoms with van der Waals surface area (Å²) in [6.07, 6.45) is 0. The maximum Gasteiger partial charge on any atom is 0.258 e. The second-order valence-corrected chi connectivity index (χ2v) is 4.86. The van der Waals surface area contributed by atoms with Gasteiger partial charge in [-0.25, -0.2) is 0 Å². The molecule has 0 aliphatic rings. The Hall–Kier alpha value is -1.46. The summed E-state index contributed by atoms with van der Waals surface area (Å²) in [5.74, 6) is -0.203. The lowest BCUT2D eigenvalue weighted by Gasteiger charge is -2.13. The molecule has 0 spiro atoms. The van der Waals surface area contributed by atoms with E-state index in [1.165, 1.54) is 6.07 Å². The van der Waals surface area contributed by atoms with Gasteiger partial charge in [0, 0.05) is 12.6 Å². The summed E-state index contributed by atoms with van der Waals surface area (Å²) < 4.78 is 5.26. The van der Waals surface area contributed by atoms with Crippen LogP contribution in [0.5, 0.6) is 5.75 Å². The molecule has 0 heterocycles. The van der Waals surface area contributed by atoms with Crippen LogP contribution >= 0.6 is 23.2 Å². The van der Waals surface area contributed by atoms with Crippen LogP contribution in [0.15, 0.2) is 18.2 Å². The van der Waals surface area contributed by atoms with E-state index in [0.29, 0.717) is 22.3 Å². The standard InChI is InChI=1S/C13H16Cl2N2O3/c1-3-16-13(19)8(2)17-12(18)7-20-9-4-5-10(14)11(15)6-9/h4-6,8H,3,7H2,1-2H3,(H,16,19)(H,17,18)/t8-/m0/s1. The lowest BCUT2D eigenvalue weighted by Crippen LogP contribution is -2.46. The molecule has 0 bridgehead atoms. The van der Waals surface area contributed by atoms with E-state index in [9.17, 15) is 9.59 Å². The first-order valence-electron chi connectivity index (χ1n) is 6.09. The number of rotatable bonds is 6. The molecule has 0 fully saturated rings. The summed E-state index contributed by atoms with van der Waals surface area (Å²) in [5, 5.41) is 5.90. The predicted octanol–water partition coefficient (Wildman–Crippen LogP) is 2.01. The van der Waals surface area contributed by atoms with Crippen molar-refractivity contribution in [3.8, 4) is 5.75 Å². The fraction of sp³-hybridized carbons (Fsp3) is 0.385. The summed E-state index contributed by atoms with van der Waals surface area (Å²) in [7, 11) is 0. The van der Waals surface area contributed by atoms with Crippen molar-refractivity contribution in [1.82, 2.24) is 10.6 Å². The number of likely N-dealkylation sites (N-methyl/N-ethyl adjacent to an activating group) is 1. The SMILES string of the molecule is CCNC(=O)[C@H](C)NC(=O)COc1ccc(Cl)c(Cl)c1. The van der Waals surface area contributed by atoms with Gasteiger partial charge in [0.2, 0.25) is 5.91 Å². The Labute approximate surface area is 127 Å². The molecule has 0 aliphatic heterocycles. The molecule has 1 atom stereocenters. The second-order valence-electron chi connectivity index (χ2n) is 4.05. The first kappa shape index (κ1) is 16.6. The molecule has 0 aromatic heterocycles. The number of nitrogens with one attached hydrogen (secondary N) is 2. The molecule has 2 N–H and O–H groups in total. The Morgan fingerprint density at radius 1 is 1.30 bits per heavy atom. The van der Waals surface area contributed by atoms with Crippen molar-refractivity contribution in [3.05, 3.63) is 28.2 Å². The molecule has 1 rings (SSSR count). The zero-order valence-corrected chi connectivity index (χ0v) is 12.7. The molecule has 2 amide bonds.